The Hall–Kier alpha value is -0.830. The van der Waals surface area contributed by atoms with Gasteiger partial charge in [-0.05, 0) is 18.6 Å². The van der Waals surface area contributed by atoms with Crippen molar-refractivity contribution in [3.05, 3.63) is 30.3 Å². The van der Waals surface area contributed by atoms with Crippen LogP contribution in [0, 0.1) is 0 Å². The third-order valence-electron chi connectivity index (χ3n) is 1.49. The van der Waals surface area contributed by atoms with Crippen molar-refractivity contribution in [3.8, 4) is 5.75 Å². The van der Waals surface area contributed by atoms with Crippen molar-refractivity contribution >= 4 is 21.9 Å². The highest BCUT2D eigenvalue weighted by atomic mass is 79.9. The lowest BCUT2D eigenvalue weighted by atomic mass is 10.3. The molecule has 70 valence electrons. The van der Waals surface area contributed by atoms with Crippen LogP contribution in [-0.4, -0.2) is 11.3 Å². The van der Waals surface area contributed by atoms with Crippen molar-refractivity contribution in [2.75, 3.05) is 5.33 Å². The van der Waals surface area contributed by atoms with Gasteiger partial charge >= 0.3 is 5.97 Å². The molecule has 0 bridgehead atoms. The number of alkyl halides is 1. The fraction of sp³-hybridized carbons (Fsp3) is 0.300. The fourth-order valence-corrected chi connectivity index (χ4v) is 1.16. The molecule has 0 amide bonds. The van der Waals surface area contributed by atoms with Crippen LogP contribution in [0.4, 0.5) is 0 Å². The monoisotopic (exact) mass is 242 g/mol. The molecule has 0 unspecified atom stereocenters. The number of carbonyl (C=O) groups is 1. The van der Waals surface area contributed by atoms with Gasteiger partial charge in [-0.25, -0.2) is 0 Å². The third kappa shape index (κ3) is 4.08. The molecule has 0 heterocycles. The summed E-state index contributed by atoms with van der Waals surface area (Å²) in [6, 6.07) is 9.11. The first kappa shape index (κ1) is 10.3. The van der Waals surface area contributed by atoms with Gasteiger partial charge in [-0.3, -0.25) is 4.79 Å². The molecular formula is C10H11BrO2. The maximum Gasteiger partial charge on any atom is 0.311 e. The predicted octanol–water partition coefficient (Wildman–Crippen LogP) is 2.77. The second kappa shape index (κ2) is 5.75. The Bertz CT molecular complexity index is 259. The van der Waals surface area contributed by atoms with Gasteiger partial charge in [-0.1, -0.05) is 34.1 Å². The molecule has 0 aliphatic heterocycles. The molecule has 2 nitrogen and oxygen atoms in total. The van der Waals surface area contributed by atoms with Crippen LogP contribution in [0.1, 0.15) is 12.8 Å². The van der Waals surface area contributed by atoms with Crippen LogP contribution in [0.3, 0.4) is 0 Å². The molecule has 0 fully saturated rings. The highest BCUT2D eigenvalue weighted by Gasteiger charge is 2.02. The van der Waals surface area contributed by atoms with Crippen molar-refractivity contribution in [3.63, 3.8) is 0 Å². The number of rotatable bonds is 4. The summed E-state index contributed by atoms with van der Waals surface area (Å²) in [5, 5.41) is 0.830. The Morgan fingerprint density at radius 1 is 1.31 bits per heavy atom. The first-order chi connectivity index (χ1) is 6.33. The van der Waals surface area contributed by atoms with E-state index in [0.717, 1.165) is 11.8 Å². The molecule has 1 aromatic carbocycles. The van der Waals surface area contributed by atoms with Gasteiger partial charge in [0.1, 0.15) is 5.75 Å². The Kier molecular flexibility index (Phi) is 4.54. The van der Waals surface area contributed by atoms with Gasteiger partial charge in [-0.2, -0.15) is 0 Å². The van der Waals surface area contributed by atoms with Gasteiger partial charge in [0, 0.05) is 11.8 Å². The number of benzene rings is 1. The lowest BCUT2D eigenvalue weighted by molar-refractivity contribution is -0.134. The van der Waals surface area contributed by atoms with Crippen molar-refractivity contribution in [1.29, 1.82) is 0 Å². The zero-order valence-corrected chi connectivity index (χ0v) is 8.79. The van der Waals surface area contributed by atoms with Crippen molar-refractivity contribution < 1.29 is 9.53 Å². The highest BCUT2D eigenvalue weighted by molar-refractivity contribution is 9.09. The molecule has 0 aliphatic carbocycles. The number of halogens is 1. The van der Waals surface area contributed by atoms with E-state index in [1.165, 1.54) is 0 Å². The first-order valence-corrected chi connectivity index (χ1v) is 5.27. The van der Waals surface area contributed by atoms with Crippen LogP contribution in [0.5, 0.6) is 5.75 Å². The Balaban J connectivity index is 2.37. The van der Waals surface area contributed by atoms with Crippen LogP contribution in [-0.2, 0) is 4.79 Å². The maximum absolute atomic E-state index is 11.1. The van der Waals surface area contributed by atoms with E-state index in [9.17, 15) is 4.79 Å². The van der Waals surface area contributed by atoms with E-state index in [-0.39, 0.29) is 5.97 Å². The Morgan fingerprint density at radius 3 is 2.62 bits per heavy atom. The molecule has 0 N–H and O–H groups in total. The predicted molar refractivity (Wildman–Crippen MR) is 55.1 cm³/mol. The molecule has 0 radical (unpaired) electrons. The molecule has 0 aromatic heterocycles. The van der Waals surface area contributed by atoms with Crippen LogP contribution in [0.15, 0.2) is 30.3 Å². The number of carbonyl (C=O) groups excluding carboxylic acids is 1. The standard InChI is InChI=1S/C10H11BrO2/c11-8-4-7-10(12)13-9-5-2-1-3-6-9/h1-3,5-6H,4,7-8H2. The second-order valence-corrected chi connectivity index (χ2v) is 3.37. The summed E-state index contributed by atoms with van der Waals surface area (Å²) < 4.78 is 5.06. The highest BCUT2D eigenvalue weighted by Crippen LogP contribution is 2.09. The van der Waals surface area contributed by atoms with Crippen LogP contribution in [0.2, 0.25) is 0 Å². The summed E-state index contributed by atoms with van der Waals surface area (Å²) in [5.74, 6) is 0.438. The summed E-state index contributed by atoms with van der Waals surface area (Å²) in [6.45, 7) is 0. The smallest absolute Gasteiger partial charge is 0.311 e. The lowest BCUT2D eigenvalue weighted by Crippen LogP contribution is -2.07. The molecule has 0 aliphatic rings. The minimum atomic E-state index is -0.175. The van der Waals surface area contributed by atoms with Crippen LogP contribution < -0.4 is 4.74 Å². The maximum atomic E-state index is 11.1. The molecule has 13 heavy (non-hydrogen) atoms. The lowest BCUT2D eigenvalue weighted by Gasteiger charge is -2.01. The van der Waals surface area contributed by atoms with Gasteiger partial charge in [0.05, 0.1) is 0 Å². The molecule has 1 rings (SSSR count). The van der Waals surface area contributed by atoms with E-state index in [1.54, 1.807) is 12.1 Å². The zero-order chi connectivity index (χ0) is 9.52. The number of hydrogen-bond donors (Lipinski definition) is 0. The fourth-order valence-electron chi connectivity index (χ4n) is 0.882. The van der Waals surface area contributed by atoms with Crippen molar-refractivity contribution in [2.24, 2.45) is 0 Å². The molecule has 0 saturated carbocycles. The third-order valence-corrected chi connectivity index (χ3v) is 2.05. The normalized spacial score (nSPS) is 9.62. The second-order valence-electron chi connectivity index (χ2n) is 2.58. The molecular weight excluding hydrogens is 232 g/mol. The number of para-hydroxylation sites is 1. The minimum Gasteiger partial charge on any atom is -0.427 e. The van der Waals surface area contributed by atoms with Gasteiger partial charge in [0.25, 0.3) is 0 Å². The summed E-state index contributed by atoms with van der Waals surface area (Å²) in [4.78, 5) is 11.1. The molecule has 1 aromatic rings. The number of ether oxygens (including phenoxy) is 1. The average molecular weight is 243 g/mol. The Labute approximate surface area is 86.0 Å². The average Bonchev–Trinajstić information content (AvgIpc) is 2.16. The van der Waals surface area contributed by atoms with E-state index in [0.29, 0.717) is 12.2 Å². The largest absolute Gasteiger partial charge is 0.427 e. The van der Waals surface area contributed by atoms with Crippen LogP contribution >= 0.6 is 15.9 Å². The Morgan fingerprint density at radius 2 is 2.00 bits per heavy atom. The SMILES string of the molecule is O=C(CCCBr)Oc1ccccc1. The summed E-state index contributed by atoms with van der Waals surface area (Å²) in [6.07, 6.45) is 1.27. The summed E-state index contributed by atoms with van der Waals surface area (Å²) in [7, 11) is 0. The quantitative estimate of drug-likeness (QED) is 0.461. The topological polar surface area (TPSA) is 26.3 Å². The molecule has 0 spiro atoms. The van der Waals surface area contributed by atoms with E-state index < -0.39 is 0 Å². The van der Waals surface area contributed by atoms with Gasteiger partial charge in [0.2, 0.25) is 0 Å². The number of hydrogen-bond acceptors (Lipinski definition) is 2. The summed E-state index contributed by atoms with van der Waals surface area (Å²) in [5.41, 5.74) is 0. The van der Waals surface area contributed by atoms with Crippen molar-refractivity contribution in [1.82, 2.24) is 0 Å². The van der Waals surface area contributed by atoms with Gasteiger partial charge in [0.15, 0.2) is 0 Å². The zero-order valence-electron chi connectivity index (χ0n) is 7.20. The molecule has 0 atom stereocenters. The van der Waals surface area contributed by atoms with Crippen molar-refractivity contribution in [2.45, 2.75) is 12.8 Å². The molecule has 3 heteroatoms. The first-order valence-electron chi connectivity index (χ1n) is 4.14. The minimum absolute atomic E-state index is 0.175. The summed E-state index contributed by atoms with van der Waals surface area (Å²) >= 11 is 3.26. The van der Waals surface area contributed by atoms with E-state index in [4.69, 9.17) is 4.74 Å². The van der Waals surface area contributed by atoms with Gasteiger partial charge < -0.3 is 4.74 Å². The van der Waals surface area contributed by atoms with E-state index in [2.05, 4.69) is 15.9 Å². The molecule has 0 saturated heterocycles. The van der Waals surface area contributed by atoms with E-state index >= 15 is 0 Å². The number of esters is 1. The van der Waals surface area contributed by atoms with Gasteiger partial charge in [-0.15, -0.1) is 0 Å². The van der Waals surface area contributed by atoms with E-state index in [1.807, 2.05) is 18.2 Å². The van der Waals surface area contributed by atoms with Crippen LogP contribution in [0.25, 0.3) is 0 Å².